The first kappa shape index (κ1) is 25.2. The Labute approximate surface area is 374 Å². The molecule has 0 unspecified atom stereocenters. The van der Waals surface area contributed by atoms with Crippen LogP contribution in [0.1, 0.15) is 95.6 Å². The molecule has 0 spiro atoms. The van der Waals surface area contributed by atoms with Crippen molar-refractivity contribution in [1.29, 1.82) is 0 Å². The van der Waals surface area contributed by atoms with Crippen LogP contribution in [0.5, 0.6) is 0 Å². The fraction of sp³-hybridized carbons (Fsp3) is 0.250. The SMILES string of the molecule is [2H]C([2H])([2H])c1c[c-]c(-c2cc(-c3ccc(C([2H])([2H])C(C)(C)C)cc3)ccn2)cc1.[2H]C([2H])([2H])c1ccc(C(C)(C)C([2H])([2H])c2cc(-c3[c-]ccc4c3oc3nc(C([2H])([2H])[2H])ccc34)ncc2C([2H])([2H])[2H])cc1.[Ir]. The third-order valence-electron chi connectivity index (χ3n) is 9.10. The van der Waals surface area contributed by atoms with Crippen LogP contribution in [-0.2, 0) is 38.3 Å². The molecule has 0 aliphatic carbocycles. The number of aryl methyl sites for hydroxylation is 4. The fourth-order valence-corrected chi connectivity index (χ4v) is 6.32. The maximum Gasteiger partial charge on any atom is 0.216 e. The summed E-state index contributed by atoms with van der Waals surface area (Å²) >= 11 is 0. The van der Waals surface area contributed by atoms with Crippen LogP contribution in [0.4, 0.5) is 0 Å². The fourth-order valence-electron chi connectivity index (χ4n) is 6.32. The van der Waals surface area contributed by atoms with Gasteiger partial charge >= 0.3 is 0 Å². The van der Waals surface area contributed by atoms with E-state index in [1.807, 2.05) is 57.2 Å². The minimum Gasteiger partial charge on any atom is -0.486 e. The molecule has 0 atom stereocenters. The Morgan fingerprint density at radius 3 is 2.19 bits per heavy atom. The number of fused-ring (bicyclic) bond motifs is 3. The van der Waals surface area contributed by atoms with E-state index in [9.17, 15) is 2.74 Å². The van der Waals surface area contributed by atoms with Crippen molar-refractivity contribution in [3.05, 3.63) is 173 Å². The average molecular weight is 942 g/mol. The zero-order valence-electron chi connectivity index (χ0n) is 48.1. The average Bonchev–Trinajstić information content (AvgIpc) is 3.69. The zero-order valence-corrected chi connectivity index (χ0v) is 34.5. The quantitative estimate of drug-likeness (QED) is 0.149. The smallest absolute Gasteiger partial charge is 0.216 e. The van der Waals surface area contributed by atoms with Gasteiger partial charge in [0.05, 0.1) is 5.58 Å². The summed E-state index contributed by atoms with van der Waals surface area (Å²) < 4.78 is 134. The summed E-state index contributed by atoms with van der Waals surface area (Å²) in [5.41, 5.74) is 3.38. The number of benzene rings is 4. The Morgan fingerprint density at radius 1 is 0.702 bits per heavy atom. The Bertz CT molecular complexity index is 3240. The van der Waals surface area contributed by atoms with E-state index in [1.54, 1.807) is 62.5 Å². The van der Waals surface area contributed by atoms with E-state index >= 15 is 0 Å². The molecule has 0 N–H and O–H groups in total. The molecular formula is C52H51IrN3O-2. The molecule has 8 rings (SSSR count). The van der Waals surface area contributed by atoms with Gasteiger partial charge in [0.2, 0.25) is 5.71 Å². The molecule has 0 fully saturated rings. The van der Waals surface area contributed by atoms with E-state index in [-0.39, 0.29) is 65.0 Å². The molecule has 0 saturated carbocycles. The number of rotatable bonds is 7. The van der Waals surface area contributed by atoms with E-state index in [2.05, 4.69) is 27.1 Å². The second-order valence-corrected chi connectivity index (χ2v) is 15.1. The number of hydrogen-bond donors (Lipinski definition) is 0. The predicted octanol–water partition coefficient (Wildman–Crippen LogP) is 13.4. The van der Waals surface area contributed by atoms with Crippen molar-refractivity contribution in [2.24, 2.45) is 5.41 Å². The number of pyridine rings is 3. The Hall–Kier alpha value is -5.22. The third kappa shape index (κ3) is 9.85. The minimum absolute atomic E-state index is 0. The molecule has 4 heterocycles. The molecule has 0 saturated heterocycles. The number of hydrogen-bond acceptors (Lipinski definition) is 4. The first-order valence-electron chi connectivity index (χ1n) is 26.1. The first-order chi connectivity index (χ1) is 33.1. The molecule has 0 bridgehead atoms. The summed E-state index contributed by atoms with van der Waals surface area (Å²) in [5, 5.41) is 1.17. The Kier molecular flexibility index (Phi) is 7.56. The molecule has 4 aromatic carbocycles. The van der Waals surface area contributed by atoms with E-state index in [4.69, 9.17) is 23.6 Å². The van der Waals surface area contributed by atoms with Crippen molar-refractivity contribution >= 4 is 22.1 Å². The van der Waals surface area contributed by atoms with Crippen molar-refractivity contribution in [3.8, 4) is 33.6 Å². The van der Waals surface area contributed by atoms with Gasteiger partial charge < -0.3 is 14.4 Å². The van der Waals surface area contributed by atoms with Crippen molar-refractivity contribution in [1.82, 2.24) is 15.0 Å². The van der Waals surface area contributed by atoms with Crippen molar-refractivity contribution in [2.75, 3.05) is 0 Å². The van der Waals surface area contributed by atoms with Crippen molar-refractivity contribution in [3.63, 3.8) is 0 Å². The van der Waals surface area contributed by atoms with Gasteiger partial charge in [-0.25, -0.2) is 4.98 Å². The van der Waals surface area contributed by atoms with Crippen LogP contribution in [-0.4, -0.2) is 15.0 Å². The summed E-state index contributed by atoms with van der Waals surface area (Å²) in [5.74, 6) is 0. The van der Waals surface area contributed by atoms with E-state index in [1.165, 1.54) is 30.3 Å². The van der Waals surface area contributed by atoms with E-state index < -0.39 is 51.0 Å². The van der Waals surface area contributed by atoms with Gasteiger partial charge in [-0.15, -0.1) is 53.6 Å². The summed E-state index contributed by atoms with van der Waals surface area (Å²) in [7, 11) is 0. The van der Waals surface area contributed by atoms with Crippen LogP contribution in [0.3, 0.4) is 0 Å². The van der Waals surface area contributed by atoms with Crippen LogP contribution in [0.15, 0.2) is 126 Å². The van der Waals surface area contributed by atoms with Gasteiger partial charge in [0, 0.05) is 65.5 Å². The predicted molar refractivity (Wildman–Crippen MR) is 233 cm³/mol. The number of nitrogens with zero attached hydrogens (tertiary/aromatic N) is 3. The van der Waals surface area contributed by atoms with Crippen LogP contribution in [0.2, 0.25) is 0 Å². The molecule has 1 radical (unpaired) electrons. The van der Waals surface area contributed by atoms with E-state index in [0.29, 0.717) is 33.2 Å². The maximum atomic E-state index is 9.28. The third-order valence-corrected chi connectivity index (χ3v) is 9.10. The normalized spacial score (nSPS) is 17.1. The Balaban J connectivity index is 0.000000253. The molecule has 4 nitrogen and oxygen atoms in total. The van der Waals surface area contributed by atoms with E-state index in [0.717, 1.165) is 22.9 Å². The molecule has 0 amide bonds. The number of furan rings is 1. The maximum absolute atomic E-state index is 9.28. The van der Waals surface area contributed by atoms with Gasteiger partial charge in [0.1, 0.15) is 0 Å². The number of aromatic nitrogens is 3. The van der Waals surface area contributed by atoms with Crippen LogP contribution in [0.25, 0.3) is 55.7 Å². The molecule has 4 aromatic heterocycles. The van der Waals surface area contributed by atoms with Gasteiger partial charge in [0.25, 0.3) is 0 Å². The largest absolute Gasteiger partial charge is 0.486 e. The summed E-state index contributed by atoms with van der Waals surface area (Å²) in [6.07, 6.45) is -0.885. The van der Waals surface area contributed by atoms with Crippen LogP contribution >= 0.6 is 0 Å². The van der Waals surface area contributed by atoms with Gasteiger partial charge in [-0.3, -0.25) is 0 Å². The molecule has 8 aromatic rings. The summed E-state index contributed by atoms with van der Waals surface area (Å²) in [6.45, 7) is -0.673. The monoisotopic (exact) mass is 942 g/mol. The van der Waals surface area contributed by atoms with Crippen molar-refractivity contribution < 1.29 is 46.5 Å². The molecule has 5 heteroatoms. The summed E-state index contributed by atoms with van der Waals surface area (Å²) in [6, 6.07) is 35.8. The molecule has 0 aliphatic rings. The van der Waals surface area contributed by atoms with Crippen LogP contribution in [0, 0.1) is 45.0 Å². The molecule has 57 heavy (non-hydrogen) atoms. The van der Waals surface area contributed by atoms with Gasteiger partial charge in [0.15, 0.2) is 0 Å². The molecular weight excluding hydrogens is 875 g/mol. The summed E-state index contributed by atoms with van der Waals surface area (Å²) in [4.78, 5) is 12.9. The minimum atomic E-state index is -2.69. The molecule has 0 aliphatic heterocycles. The van der Waals surface area contributed by atoms with Gasteiger partial charge in [-0.1, -0.05) is 119 Å². The van der Waals surface area contributed by atoms with Gasteiger partial charge in [-0.05, 0) is 107 Å². The second kappa shape index (κ2) is 17.1. The second-order valence-electron chi connectivity index (χ2n) is 15.1. The Morgan fingerprint density at radius 2 is 1.49 bits per heavy atom. The molecule has 291 valence electrons. The van der Waals surface area contributed by atoms with Gasteiger partial charge in [-0.2, -0.15) is 0 Å². The zero-order chi connectivity index (χ0) is 53.2. The standard InChI is InChI=1S/C29H27N2O.C23H24N.Ir/c1-18-9-12-22(13-10-18)29(4,5)16-21-15-26(30-17-19(21)2)25-8-6-7-23-24-14-11-20(3)31-28(24)32-27(23)25;1-17-5-9-20(10-6-17)22-15-21(13-14-24-22)19-11-7-18(8-12-19)16-23(2,3)4;/h6-7,9-15,17H,16H2,1-5H3;5-9,11-15H,16H2,1-4H3;/q2*-1;/i1D3,2D3,3D3,16D2;1D3,16D2;. The van der Waals surface area contributed by atoms with Crippen LogP contribution < -0.4 is 0 Å². The first-order valence-corrected chi connectivity index (χ1v) is 18.1. The topological polar surface area (TPSA) is 51.8 Å². The van der Waals surface area contributed by atoms with Crippen molar-refractivity contribution in [2.45, 2.75) is 80.2 Å².